The van der Waals surface area contributed by atoms with Crippen LogP contribution in [0.2, 0.25) is 0 Å². The fourth-order valence-electron chi connectivity index (χ4n) is 2.63. The Morgan fingerprint density at radius 3 is 2.63 bits per heavy atom. The van der Waals surface area contributed by atoms with Gasteiger partial charge in [-0.15, -0.1) is 0 Å². The van der Waals surface area contributed by atoms with Crippen LogP contribution in [0.3, 0.4) is 0 Å². The van der Waals surface area contributed by atoms with Crippen LogP contribution >= 0.6 is 0 Å². The van der Waals surface area contributed by atoms with E-state index < -0.39 is 23.5 Å². The first-order chi connectivity index (χ1) is 8.82. The normalized spacial score (nSPS) is 34.6. The Morgan fingerprint density at radius 2 is 2.11 bits per heavy atom. The fourth-order valence-corrected chi connectivity index (χ4v) is 2.63. The number of amides is 2. The number of likely N-dealkylation sites (tertiary alicyclic amines) is 1. The number of hydrogen-bond acceptors (Lipinski definition) is 4. The van der Waals surface area contributed by atoms with Gasteiger partial charge in [0.25, 0.3) is 0 Å². The van der Waals surface area contributed by atoms with E-state index in [1.807, 2.05) is 0 Å². The van der Waals surface area contributed by atoms with Gasteiger partial charge in [0.1, 0.15) is 5.92 Å². The molecule has 2 saturated heterocycles. The predicted octanol–water partition coefficient (Wildman–Crippen LogP) is -0.405. The molecule has 108 valence electrons. The molecule has 0 aromatic heterocycles. The van der Waals surface area contributed by atoms with E-state index in [4.69, 9.17) is 9.84 Å². The Balaban J connectivity index is 2.01. The molecule has 0 radical (unpaired) electrons. The molecule has 2 fully saturated rings. The molecule has 2 aliphatic rings. The van der Waals surface area contributed by atoms with Crippen LogP contribution in [0.4, 0.5) is 4.79 Å². The van der Waals surface area contributed by atoms with Gasteiger partial charge in [-0.25, -0.2) is 4.79 Å². The van der Waals surface area contributed by atoms with Crippen molar-refractivity contribution in [2.24, 2.45) is 5.92 Å². The summed E-state index contributed by atoms with van der Waals surface area (Å²) in [6.45, 7) is 2.83. The van der Waals surface area contributed by atoms with E-state index in [0.717, 1.165) is 0 Å². The summed E-state index contributed by atoms with van der Waals surface area (Å²) < 4.78 is 5.16. The first-order valence-corrected chi connectivity index (χ1v) is 6.36. The van der Waals surface area contributed by atoms with Crippen molar-refractivity contribution in [1.82, 2.24) is 9.80 Å². The number of carbonyl (C=O) groups excluding carboxylic acids is 1. The summed E-state index contributed by atoms with van der Waals surface area (Å²) in [6, 6.07) is -0.699. The van der Waals surface area contributed by atoms with Crippen LogP contribution in [-0.4, -0.2) is 77.0 Å². The maximum Gasteiger partial charge on any atom is 0.320 e. The number of carboxylic acids is 1. The van der Waals surface area contributed by atoms with Crippen LogP contribution in [0.1, 0.15) is 13.3 Å². The summed E-state index contributed by atoms with van der Waals surface area (Å²) in [5, 5.41) is 19.0. The monoisotopic (exact) mass is 272 g/mol. The van der Waals surface area contributed by atoms with Gasteiger partial charge in [-0.3, -0.25) is 4.79 Å². The fraction of sp³-hybridized carbons (Fsp3) is 0.833. The minimum atomic E-state index is -0.949. The molecular weight excluding hydrogens is 252 g/mol. The Bertz CT molecular complexity index is 384. The van der Waals surface area contributed by atoms with Crippen LogP contribution in [0.15, 0.2) is 0 Å². The van der Waals surface area contributed by atoms with Crippen molar-refractivity contribution in [2.75, 3.05) is 33.4 Å². The molecular formula is C12H20N2O5. The van der Waals surface area contributed by atoms with Crippen LogP contribution < -0.4 is 0 Å². The first kappa shape index (κ1) is 14.1. The van der Waals surface area contributed by atoms with E-state index in [0.29, 0.717) is 13.0 Å². The molecule has 2 N–H and O–H groups in total. The van der Waals surface area contributed by atoms with Gasteiger partial charge < -0.3 is 24.7 Å². The maximum atomic E-state index is 12.3. The molecule has 0 aromatic rings. The largest absolute Gasteiger partial charge is 0.481 e. The van der Waals surface area contributed by atoms with Crippen molar-refractivity contribution in [2.45, 2.75) is 25.0 Å². The van der Waals surface area contributed by atoms with E-state index in [9.17, 15) is 14.7 Å². The minimum absolute atomic E-state index is 0.134. The predicted molar refractivity (Wildman–Crippen MR) is 65.7 cm³/mol. The number of likely N-dealkylation sites (N-methyl/N-ethyl adjacent to an activating group) is 1. The third kappa shape index (κ3) is 2.82. The van der Waals surface area contributed by atoms with Crippen LogP contribution in [0.25, 0.3) is 0 Å². The Hall–Kier alpha value is -1.34. The Kier molecular flexibility index (Phi) is 3.69. The second-order valence-electron chi connectivity index (χ2n) is 5.61. The zero-order chi connectivity index (χ0) is 14.2. The molecule has 3 atom stereocenters. The summed E-state index contributed by atoms with van der Waals surface area (Å²) in [5.41, 5.74) is -0.852. The number of nitrogens with zero attached hydrogens (tertiary/aromatic N) is 2. The van der Waals surface area contributed by atoms with Gasteiger partial charge >= 0.3 is 12.0 Å². The van der Waals surface area contributed by atoms with Crippen molar-refractivity contribution in [3.05, 3.63) is 0 Å². The third-order valence-electron chi connectivity index (χ3n) is 3.89. The molecule has 7 nitrogen and oxygen atoms in total. The second-order valence-corrected chi connectivity index (χ2v) is 5.61. The van der Waals surface area contributed by atoms with Gasteiger partial charge in [0, 0.05) is 13.6 Å². The van der Waals surface area contributed by atoms with Gasteiger partial charge in [-0.1, -0.05) is 0 Å². The van der Waals surface area contributed by atoms with Crippen LogP contribution in [0, 0.1) is 5.92 Å². The molecule has 0 aliphatic carbocycles. The van der Waals surface area contributed by atoms with Crippen molar-refractivity contribution >= 4 is 12.0 Å². The lowest BCUT2D eigenvalue weighted by atomic mass is 10.0. The van der Waals surface area contributed by atoms with Crippen molar-refractivity contribution in [3.8, 4) is 0 Å². The van der Waals surface area contributed by atoms with Gasteiger partial charge in [-0.2, -0.15) is 0 Å². The number of carbonyl (C=O) groups is 2. The summed E-state index contributed by atoms with van der Waals surface area (Å²) in [6.07, 6.45) is 0.538. The highest BCUT2D eigenvalue weighted by molar-refractivity contribution is 5.77. The second kappa shape index (κ2) is 4.97. The van der Waals surface area contributed by atoms with E-state index in [2.05, 4.69) is 0 Å². The number of ether oxygens (including phenoxy) is 1. The molecule has 2 rings (SSSR count). The minimum Gasteiger partial charge on any atom is -0.481 e. The van der Waals surface area contributed by atoms with E-state index in [1.54, 1.807) is 18.9 Å². The zero-order valence-electron chi connectivity index (χ0n) is 11.2. The number of carboxylic acid groups (broad SMARTS) is 1. The maximum absolute atomic E-state index is 12.3. The lowest BCUT2D eigenvalue weighted by molar-refractivity contribution is -0.142. The molecule has 0 bridgehead atoms. The number of rotatable bonds is 2. The Morgan fingerprint density at radius 1 is 1.42 bits per heavy atom. The smallest absolute Gasteiger partial charge is 0.320 e. The average Bonchev–Trinajstić information content (AvgIpc) is 2.93. The highest BCUT2D eigenvalue weighted by atomic mass is 16.5. The summed E-state index contributed by atoms with van der Waals surface area (Å²) >= 11 is 0. The summed E-state index contributed by atoms with van der Waals surface area (Å²) in [7, 11) is 1.59. The van der Waals surface area contributed by atoms with Crippen molar-refractivity contribution in [3.63, 3.8) is 0 Å². The van der Waals surface area contributed by atoms with Gasteiger partial charge in [0.2, 0.25) is 0 Å². The van der Waals surface area contributed by atoms with Gasteiger partial charge in [-0.05, 0) is 13.3 Å². The van der Waals surface area contributed by atoms with Crippen molar-refractivity contribution < 1.29 is 24.5 Å². The summed E-state index contributed by atoms with van der Waals surface area (Å²) in [5.74, 6) is -1.63. The molecule has 3 unspecified atom stereocenters. The highest BCUT2D eigenvalue weighted by Gasteiger charge is 2.42. The molecule has 0 spiro atoms. The first-order valence-electron chi connectivity index (χ1n) is 6.36. The number of aliphatic hydroxyl groups is 1. The van der Waals surface area contributed by atoms with E-state index in [1.165, 1.54) is 4.90 Å². The summed E-state index contributed by atoms with van der Waals surface area (Å²) in [4.78, 5) is 26.3. The standard InChI is InChI=1S/C12H20N2O5/c1-12(18)3-4-14(7-12)11(17)13(2)9-6-19-5-8(9)10(15)16/h8-9,18H,3-7H2,1-2H3,(H,15,16). The molecule has 7 heteroatoms. The quantitative estimate of drug-likeness (QED) is 0.713. The number of hydrogen-bond donors (Lipinski definition) is 2. The molecule has 0 saturated carbocycles. The number of aliphatic carboxylic acids is 1. The topological polar surface area (TPSA) is 90.3 Å². The lowest BCUT2D eigenvalue weighted by Gasteiger charge is -2.31. The van der Waals surface area contributed by atoms with E-state index in [-0.39, 0.29) is 25.8 Å². The molecule has 19 heavy (non-hydrogen) atoms. The molecule has 2 aliphatic heterocycles. The van der Waals surface area contributed by atoms with Gasteiger partial charge in [0.05, 0.1) is 31.4 Å². The van der Waals surface area contributed by atoms with Crippen molar-refractivity contribution in [1.29, 1.82) is 0 Å². The SMILES string of the molecule is CN(C(=O)N1CCC(C)(O)C1)C1COCC1C(=O)O. The zero-order valence-corrected chi connectivity index (χ0v) is 11.2. The average molecular weight is 272 g/mol. The number of urea groups is 1. The molecule has 2 heterocycles. The molecule has 0 aromatic carbocycles. The van der Waals surface area contributed by atoms with E-state index >= 15 is 0 Å². The Labute approximate surface area is 111 Å². The molecule has 2 amide bonds. The highest BCUT2D eigenvalue weighted by Crippen LogP contribution is 2.24. The van der Waals surface area contributed by atoms with Gasteiger partial charge in [0.15, 0.2) is 0 Å². The van der Waals surface area contributed by atoms with Crippen LogP contribution in [0.5, 0.6) is 0 Å². The number of β-amino-alcohol motifs (C(OH)–C–C–N with tert-alkyl or cyclic N) is 1. The third-order valence-corrected chi connectivity index (χ3v) is 3.89. The lowest BCUT2D eigenvalue weighted by Crippen LogP contribution is -2.50. The van der Waals surface area contributed by atoms with Crippen LogP contribution in [-0.2, 0) is 9.53 Å².